The van der Waals surface area contributed by atoms with Crippen LogP contribution in [0.3, 0.4) is 0 Å². The number of carbonyl (C=O) groups excluding carboxylic acids is 1. The molecule has 0 bridgehead atoms. The van der Waals surface area contributed by atoms with Crippen molar-refractivity contribution in [3.63, 3.8) is 0 Å². The molecule has 1 saturated carbocycles. The normalized spacial score (nSPS) is 14.6. The number of amides is 1. The number of rotatable bonds is 4. The highest BCUT2D eigenvalue weighted by atomic mass is 35.5. The third-order valence-corrected chi connectivity index (χ3v) is 2.94. The van der Waals surface area contributed by atoms with Crippen molar-refractivity contribution in [3.05, 3.63) is 29.8 Å². The van der Waals surface area contributed by atoms with E-state index in [0.29, 0.717) is 12.6 Å². The van der Waals surface area contributed by atoms with Gasteiger partial charge in [0.15, 0.2) is 0 Å². The second-order valence-corrected chi connectivity index (χ2v) is 4.28. The Labute approximate surface area is 100.0 Å². The Kier molecular flexibility index (Phi) is 3.34. The van der Waals surface area contributed by atoms with E-state index in [0.717, 1.165) is 24.2 Å². The van der Waals surface area contributed by atoms with Gasteiger partial charge in [0.1, 0.15) is 5.75 Å². The molecule has 86 valence electrons. The summed E-state index contributed by atoms with van der Waals surface area (Å²) in [5.41, 5.74) is 1.07. The van der Waals surface area contributed by atoms with Gasteiger partial charge in [-0.1, -0.05) is 12.1 Å². The molecular formula is C12H14ClNO2. The van der Waals surface area contributed by atoms with Gasteiger partial charge in [0.25, 0.3) is 0 Å². The molecule has 1 aromatic rings. The van der Waals surface area contributed by atoms with Gasteiger partial charge in [-0.25, -0.2) is 0 Å². The highest BCUT2D eigenvalue weighted by Gasteiger charge is 2.31. The number of halogens is 1. The molecule has 2 rings (SSSR count). The second-order valence-electron chi connectivity index (χ2n) is 3.96. The van der Waals surface area contributed by atoms with E-state index >= 15 is 0 Å². The minimum atomic E-state index is -0.363. The maximum absolute atomic E-state index is 11.2. The fourth-order valence-electron chi connectivity index (χ4n) is 1.65. The molecule has 1 amide bonds. The summed E-state index contributed by atoms with van der Waals surface area (Å²) in [4.78, 5) is 12.9. The standard InChI is InChI=1S/C12H14ClNO2/c1-16-11-6-2-9(3-7-11)8-14(12(13)15)10-4-5-10/h2-3,6-7,10H,4-5,8H2,1H3. The first-order chi connectivity index (χ1) is 7.70. The molecule has 1 aliphatic carbocycles. The monoisotopic (exact) mass is 239 g/mol. The molecule has 0 aliphatic heterocycles. The average Bonchev–Trinajstić information content (AvgIpc) is 3.10. The van der Waals surface area contributed by atoms with Crippen LogP contribution in [0.1, 0.15) is 18.4 Å². The lowest BCUT2D eigenvalue weighted by molar-refractivity contribution is 0.216. The van der Waals surface area contributed by atoms with Crippen LogP contribution in [0.25, 0.3) is 0 Å². The molecule has 16 heavy (non-hydrogen) atoms. The van der Waals surface area contributed by atoms with E-state index in [9.17, 15) is 4.79 Å². The molecule has 0 heterocycles. The van der Waals surface area contributed by atoms with Gasteiger partial charge in [0.2, 0.25) is 0 Å². The maximum Gasteiger partial charge on any atom is 0.316 e. The van der Waals surface area contributed by atoms with Gasteiger partial charge >= 0.3 is 5.37 Å². The third kappa shape index (κ3) is 2.67. The molecule has 0 N–H and O–H groups in total. The average molecular weight is 240 g/mol. The van der Waals surface area contributed by atoms with Crippen molar-refractivity contribution < 1.29 is 9.53 Å². The Bertz CT molecular complexity index is 373. The van der Waals surface area contributed by atoms with Crippen LogP contribution in [-0.4, -0.2) is 23.4 Å². The molecule has 0 aromatic heterocycles. The zero-order valence-corrected chi connectivity index (χ0v) is 9.91. The Morgan fingerprint density at radius 1 is 1.44 bits per heavy atom. The Morgan fingerprint density at radius 3 is 2.50 bits per heavy atom. The summed E-state index contributed by atoms with van der Waals surface area (Å²) >= 11 is 5.55. The van der Waals surface area contributed by atoms with Crippen LogP contribution >= 0.6 is 11.6 Å². The number of hydrogen-bond acceptors (Lipinski definition) is 2. The summed E-state index contributed by atoms with van der Waals surface area (Å²) < 4.78 is 5.07. The number of methoxy groups -OCH3 is 1. The van der Waals surface area contributed by atoms with Crippen LogP contribution in [0.4, 0.5) is 4.79 Å². The van der Waals surface area contributed by atoms with Crippen LogP contribution in [0.15, 0.2) is 24.3 Å². The Hall–Kier alpha value is -1.22. The molecule has 0 spiro atoms. The topological polar surface area (TPSA) is 29.5 Å². The zero-order chi connectivity index (χ0) is 11.5. The number of nitrogens with zero attached hydrogens (tertiary/aromatic N) is 1. The minimum Gasteiger partial charge on any atom is -0.497 e. The van der Waals surface area contributed by atoms with Crippen LogP contribution in [0, 0.1) is 0 Å². The summed E-state index contributed by atoms with van der Waals surface area (Å²) in [6.07, 6.45) is 2.13. The largest absolute Gasteiger partial charge is 0.497 e. The molecule has 0 saturated heterocycles. The molecule has 3 nitrogen and oxygen atoms in total. The van der Waals surface area contributed by atoms with E-state index in [-0.39, 0.29) is 5.37 Å². The number of carbonyl (C=O) groups is 1. The van der Waals surface area contributed by atoms with E-state index in [1.807, 2.05) is 24.3 Å². The van der Waals surface area contributed by atoms with Gasteiger partial charge in [-0.2, -0.15) is 0 Å². The molecular weight excluding hydrogens is 226 g/mol. The molecule has 0 radical (unpaired) electrons. The highest BCUT2D eigenvalue weighted by Crippen LogP contribution is 2.29. The van der Waals surface area contributed by atoms with Crippen molar-refractivity contribution in [1.29, 1.82) is 0 Å². The fourth-order valence-corrected chi connectivity index (χ4v) is 1.85. The second kappa shape index (κ2) is 4.74. The van der Waals surface area contributed by atoms with E-state index in [4.69, 9.17) is 16.3 Å². The summed E-state index contributed by atoms with van der Waals surface area (Å²) in [6, 6.07) is 8.02. The maximum atomic E-state index is 11.2. The van der Waals surface area contributed by atoms with Gasteiger partial charge in [0, 0.05) is 12.6 Å². The first-order valence-electron chi connectivity index (χ1n) is 5.29. The summed E-state index contributed by atoms with van der Waals surface area (Å²) in [5.74, 6) is 0.818. The van der Waals surface area contributed by atoms with Crippen LogP contribution in [0.5, 0.6) is 5.75 Å². The van der Waals surface area contributed by atoms with E-state index in [2.05, 4.69) is 0 Å². The summed E-state index contributed by atoms with van der Waals surface area (Å²) in [5, 5.41) is -0.363. The molecule has 0 unspecified atom stereocenters. The minimum absolute atomic E-state index is 0.340. The van der Waals surface area contributed by atoms with Crippen molar-refractivity contribution in [2.75, 3.05) is 7.11 Å². The molecule has 1 fully saturated rings. The Morgan fingerprint density at radius 2 is 2.06 bits per heavy atom. The molecule has 0 atom stereocenters. The lowest BCUT2D eigenvalue weighted by Crippen LogP contribution is -2.27. The van der Waals surface area contributed by atoms with Crippen molar-refractivity contribution in [1.82, 2.24) is 4.90 Å². The number of benzene rings is 1. The van der Waals surface area contributed by atoms with Crippen LogP contribution < -0.4 is 4.74 Å². The van der Waals surface area contributed by atoms with Crippen molar-refractivity contribution in [2.24, 2.45) is 0 Å². The number of ether oxygens (including phenoxy) is 1. The molecule has 4 heteroatoms. The SMILES string of the molecule is COc1ccc(CN(C(=O)Cl)C2CC2)cc1. The lowest BCUT2D eigenvalue weighted by atomic mass is 10.2. The van der Waals surface area contributed by atoms with E-state index < -0.39 is 0 Å². The van der Waals surface area contributed by atoms with Crippen molar-refractivity contribution in [2.45, 2.75) is 25.4 Å². The molecule has 1 aromatic carbocycles. The molecule has 1 aliphatic rings. The van der Waals surface area contributed by atoms with Gasteiger partial charge in [-0.05, 0) is 42.1 Å². The quantitative estimate of drug-likeness (QED) is 0.597. The van der Waals surface area contributed by atoms with Gasteiger partial charge < -0.3 is 9.64 Å². The predicted molar refractivity (Wildman–Crippen MR) is 62.8 cm³/mol. The smallest absolute Gasteiger partial charge is 0.316 e. The highest BCUT2D eigenvalue weighted by molar-refractivity contribution is 6.62. The van der Waals surface area contributed by atoms with E-state index in [1.165, 1.54) is 0 Å². The van der Waals surface area contributed by atoms with Gasteiger partial charge in [0.05, 0.1) is 7.11 Å². The summed E-state index contributed by atoms with van der Waals surface area (Å²) in [6.45, 7) is 0.580. The van der Waals surface area contributed by atoms with E-state index in [1.54, 1.807) is 12.0 Å². The van der Waals surface area contributed by atoms with Gasteiger partial charge in [-0.3, -0.25) is 4.79 Å². The van der Waals surface area contributed by atoms with Crippen LogP contribution in [0.2, 0.25) is 0 Å². The lowest BCUT2D eigenvalue weighted by Gasteiger charge is -2.19. The zero-order valence-electron chi connectivity index (χ0n) is 9.15. The Balaban J connectivity index is 2.03. The first-order valence-corrected chi connectivity index (χ1v) is 5.67. The van der Waals surface area contributed by atoms with Gasteiger partial charge in [-0.15, -0.1) is 0 Å². The van der Waals surface area contributed by atoms with Crippen molar-refractivity contribution in [3.8, 4) is 5.75 Å². The third-order valence-electron chi connectivity index (χ3n) is 2.73. The first kappa shape index (κ1) is 11.3. The number of hydrogen-bond donors (Lipinski definition) is 0. The summed E-state index contributed by atoms with van der Waals surface area (Å²) in [7, 11) is 1.63. The fraction of sp³-hybridized carbons (Fsp3) is 0.417. The van der Waals surface area contributed by atoms with Crippen LogP contribution in [-0.2, 0) is 6.54 Å². The predicted octanol–water partition coefficient (Wildman–Crippen LogP) is 3.02. The van der Waals surface area contributed by atoms with Crippen molar-refractivity contribution >= 4 is 17.0 Å².